The molecule has 9 nitrogen and oxygen atoms in total. The summed E-state index contributed by atoms with van der Waals surface area (Å²) < 4.78 is 39.0. The van der Waals surface area contributed by atoms with Gasteiger partial charge in [-0.3, -0.25) is 4.79 Å². The summed E-state index contributed by atoms with van der Waals surface area (Å²) in [5, 5.41) is 8.98. The summed E-state index contributed by atoms with van der Waals surface area (Å²) in [4.78, 5) is 12.7. The number of thioether (sulfide) groups is 1. The van der Waals surface area contributed by atoms with Gasteiger partial charge in [0.15, 0.2) is 34.4 Å². The highest BCUT2D eigenvalue weighted by atomic mass is 32.2. The van der Waals surface area contributed by atoms with Gasteiger partial charge in [-0.25, -0.2) is 12.7 Å². The molecule has 0 radical (unpaired) electrons. The number of fused-ring (bicyclic) bond motifs is 1. The van der Waals surface area contributed by atoms with Crippen molar-refractivity contribution < 1.29 is 22.7 Å². The van der Waals surface area contributed by atoms with Gasteiger partial charge in [0.1, 0.15) is 6.61 Å². The summed E-state index contributed by atoms with van der Waals surface area (Å²) in [5.74, 6) is 1.94. The third-order valence-corrected chi connectivity index (χ3v) is 7.80. The van der Waals surface area contributed by atoms with E-state index in [1.165, 1.54) is 50.1 Å². The van der Waals surface area contributed by atoms with E-state index >= 15 is 0 Å². The lowest BCUT2D eigenvalue weighted by molar-refractivity contribution is 0.0825. The fraction of sp³-hybridized carbons (Fsp3) is 0.286. The Kier molecular flexibility index (Phi) is 6.22. The molecule has 3 aromatic rings. The van der Waals surface area contributed by atoms with Gasteiger partial charge in [-0.1, -0.05) is 36.0 Å². The molecule has 0 amide bonds. The van der Waals surface area contributed by atoms with Crippen LogP contribution in [0.4, 0.5) is 0 Å². The van der Waals surface area contributed by atoms with Gasteiger partial charge in [-0.15, -0.1) is 10.2 Å². The van der Waals surface area contributed by atoms with Gasteiger partial charge < -0.3 is 14.0 Å². The Bertz CT molecular complexity index is 1240. The van der Waals surface area contributed by atoms with E-state index in [2.05, 4.69) is 10.2 Å². The van der Waals surface area contributed by atoms with Crippen LogP contribution in [0, 0.1) is 0 Å². The quantitative estimate of drug-likeness (QED) is 0.380. The monoisotopic (exact) mass is 474 g/mol. The largest absolute Gasteiger partial charge is 0.485 e. The van der Waals surface area contributed by atoms with Crippen LogP contribution in [-0.2, 0) is 17.1 Å². The number of Topliss-reactive ketones (excluding diaryl/α,β-unsaturated/α-hetero) is 1. The van der Waals surface area contributed by atoms with Crippen molar-refractivity contribution >= 4 is 27.6 Å². The highest BCUT2D eigenvalue weighted by Crippen LogP contribution is 2.35. The number of carbonyl (C=O) groups excluding carboxylic acids is 1. The first-order valence-corrected chi connectivity index (χ1v) is 12.2. The second kappa shape index (κ2) is 8.93. The molecular weight excluding hydrogens is 452 g/mol. The van der Waals surface area contributed by atoms with Crippen LogP contribution in [0.3, 0.4) is 0 Å². The van der Waals surface area contributed by atoms with E-state index in [0.29, 0.717) is 34.7 Å². The summed E-state index contributed by atoms with van der Waals surface area (Å²) in [7, 11) is 1.20. The number of benzene rings is 2. The minimum absolute atomic E-state index is 0.136. The standard InChI is InChI=1S/C21H22N4O5S2/c1-24(2)32(27,28)15-10-8-14(9-11-15)16(26)13-31-21-23-22-20(25(21)3)19-12-29-17-6-4-5-7-18(17)30-19/h4-11,19H,12-13H2,1-3H3. The molecule has 1 unspecified atom stereocenters. The van der Waals surface area contributed by atoms with Crippen LogP contribution in [-0.4, -0.2) is 59.7 Å². The van der Waals surface area contributed by atoms with E-state index in [-0.39, 0.29) is 16.4 Å². The first-order valence-electron chi connectivity index (χ1n) is 9.73. The Morgan fingerprint density at radius 1 is 1.12 bits per heavy atom. The van der Waals surface area contributed by atoms with Gasteiger partial charge >= 0.3 is 0 Å². The number of rotatable bonds is 7. The Hall–Kier alpha value is -2.89. The van der Waals surface area contributed by atoms with E-state index in [0.717, 1.165) is 4.31 Å². The Balaban J connectivity index is 1.41. The molecule has 11 heteroatoms. The number of sulfonamides is 1. The molecule has 1 atom stereocenters. The average molecular weight is 475 g/mol. The molecule has 1 aliphatic heterocycles. The van der Waals surface area contributed by atoms with E-state index in [1.54, 1.807) is 4.57 Å². The molecule has 1 aliphatic rings. The first kappa shape index (κ1) is 22.3. The lowest BCUT2D eigenvalue weighted by atomic mass is 10.1. The number of ketones is 1. The van der Waals surface area contributed by atoms with Crippen LogP contribution in [0.1, 0.15) is 22.3 Å². The van der Waals surface area contributed by atoms with Crippen LogP contribution in [0.25, 0.3) is 0 Å². The molecule has 0 aliphatic carbocycles. The number of hydrogen-bond acceptors (Lipinski definition) is 8. The van der Waals surface area contributed by atoms with Crippen molar-refractivity contribution in [1.29, 1.82) is 0 Å². The molecule has 0 saturated heterocycles. The smallest absolute Gasteiger partial charge is 0.242 e. The van der Waals surface area contributed by atoms with Gasteiger partial charge in [0.25, 0.3) is 0 Å². The van der Waals surface area contributed by atoms with Crippen molar-refractivity contribution in [2.45, 2.75) is 16.2 Å². The van der Waals surface area contributed by atoms with Gasteiger partial charge in [0.2, 0.25) is 10.0 Å². The molecule has 0 spiro atoms. The van der Waals surface area contributed by atoms with Crippen molar-refractivity contribution in [3.63, 3.8) is 0 Å². The van der Waals surface area contributed by atoms with Gasteiger partial charge in [0, 0.05) is 26.7 Å². The lowest BCUT2D eigenvalue weighted by Gasteiger charge is -2.25. The minimum atomic E-state index is -3.53. The molecule has 2 aromatic carbocycles. The number of aromatic nitrogens is 3. The Morgan fingerprint density at radius 2 is 1.81 bits per heavy atom. The maximum absolute atomic E-state index is 12.6. The molecule has 4 rings (SSSR count). The SMILES string of the molecule is CN(C)S(=O)(=O)c1ccc(C(=O)CSc2nnc(C3COc4ccccc4O3)n2C)cc1. The van der Waals surface area contributed by atoms with Crippen LogP contribution in [0.2, 0.25) is 0 Å². The first-order chi connectivity index (χ1) is 15.3. The predicted octanol–water partition coefficient (Wildman–Crippen LogP) is 2.55. The zero-order valence-corrected chi connectivity index (χ0v) is 19.4. The van der Waals surface area contributed by atoms with Crippen LogP contribution in [0.5, 0.6) is 11.5 Å². The topological polar surface area (TPSA) is 104 Å². The third kappa shape index (κ3) is 4.36. The zero-order chi connectivity index (χ0) is 22.9. The van der Waals surface area contributed by atoms with E-state index in [4.69, 9.17) is 9.47 Å². The maximum Gasteiger partial charge on any atom is 0.242 e. The number of ether oxygens (including phenoxy) is 2. The molecule has 0 fully saturated rings. The summed E-state index contributed by atoms with van der Waals surface area (Å²) >= 11 is 1.25. The summed E-state index contributed by atoms with van der Waals surface area (Å²) in [6.45, 7) is 0.314. The Labute approximate surface area is 190 Å². The van der Waals surface area contributed by atoms with Crippen molar-refractivity contribution in [2.75, 3.05) is 26.5 Å². The van der Waals surface area contributed by atoms with Crippen molar-refractivity contribution in [3.8, 4) is 11.5 Å². The Morgan fingerprint density at radius 3 is 2.50 bits per heavy atom. The van der Waals surface area contributed by atoms with Crippen molar-refractivity contribution in [3.05, 3.63) is 59.9 Å². The molecule has 0 bridgehead atoms. The summed E-state index contributed by atoms with van der Waals surface area (Å²) in [6.07, 6.45) is -0.404. The van der Waals surface area contributed by atoms with Crippen molar-refractivity contribution in [2.24, 2.45) is 7.05 Å². The highest BCUT2D eigenvalue weighted by Gasteiger charge is 2.27. The van der Waals surface area contributed by atoms with Gasteiger partial charge in [0.05, 0.1) is 10.6 Å². The second-order valence-corrected chi connectivity index (χ2v) is 10.4. The maximum atomic E-state index is 12.6. The molecule has 2 heterocycles. The van der Waals surface area contributed by atoms with E-state index in [9.17, 15) is 13.2 Å². The number of hydrogen-bond donors (Lipinski definition) is 0. The van der Waals surface area contributed by atoms with Crippen LogP contribution in [0.15, 0.2) is 58.6 Å². The predicted molar refractivity (Wildman–Crippen MR) is 119 cm³/mol. The van der Waals surface area contributed by atoms with Crippen LogP contribution < -0.4 is 9.47 Å². The normalized spacial score (nSPS) is 15.7. The number of carbonyl (C=O) groups is 1. The molecule has 0 saturated carbocycles. The fourth-order valence-electron chi connectivity index (χ4n) is 3.12. The zero-order valence-electron chi connectivity index (χ0n) is 17.8. The second-order valence-electron chi connectivity index (χ2n) is 7.29. The summed E-state index contributed by atoms with van der Waals surface area (Å²) in [6, 6.07) is 13.3. The van der Waals surface area contributed by atoms with Gasteiger partial charge in [-0.05, 0) is 24.3 Å². The van der Waals surface area contributed by atoms with E-state index in [1.807, 2.05) is 31.3 Å². The summed E-state index contributed by atoms with van der Waals surface area (Å²) in [5.41, 5.74) is 0.429. The fourth-order valence-corrected chi connectivity index (χ4v) is 4.83. The van der Waals surface area contributed by atoms with Gasteiger partial charge in [-0.2, -0.15) is 0 Å². The lowest BCUT2D eigenvalue weighted by Crippen LogP contribution is -2.24. The van der Waals surface area contributed by atoms with Crippen molar-refractivity contribution in [1.82, 2.24) is 19.1 Å². The molecule has 32 heavy (non-hydrogen) atoms. The highest BCUT2D eigenvalue weighted by molar-refractivity contribution is 7.99. The molecule has 168 valence electrons. The third-order valence-electron chi connectivity index (χ3n) is 4.95. The average Bonchev–Trinajstić information content (AvgIpc) is 3.17. The molecule has 0 N–H and O–H groups in total. The van der Waals surface area contributed by atoms with E-state index < -0.39 is 16.1 Å². The van der Waals surface area contributed by atoms with Crippen LogP contribution >= 0.6 is 11.8 Å². The molecular formula is C21H22N4O5S2. The molecule has 1 aromatic heterocycles. The number of para-hydroxylation sites is 2. The minimum Gasteiger partial charge on any atom is -0.485 e. The number of nitrogens with zero attached hydrogens (tertiary/aromatic N) is 4.